The Bertz CT molecular complexity index is 323. The van der Waals surface area contributed by atoms with E-state index in [-0.39, 0.29) is 11.5 Å². The molecule has 0 saturated heterocycles. The molecule has 0 aliphatic carbocycles. The summed E-state index contributed by atoms with van der Waals surface area (Å²) in [6.07, 6.45) is 1.56. The predicted molar refractivity (Wildman–Crippen MR) is 51.9 cm³/mol. The molecule has 0 aliphatic rings. The zero-order chi connectivity index (χ0) is 9.84. The van der Waals surface area contributed by atoms with E-state index >= 15 is 0 Å². The molecule has 70 valence electrons. The van der Waals surface area contributed by atoms with Gasteiger partial charge in [-0.2, -0.15) is 0 Å². The Morgan fingerprint density at radius 1 is 1.31 bits per heavy atom. The smallest absolute Gasteiger partial charge is 0.172 e. The molecule has 0 unspecified atom stereocenters. The second kappa shape index (κ2) is 4.28. The highest BCUT2D eigenvalue weighted by Crippen LogP contribution is 2.36. The van der Waals surface area contributed by atoms with Crippen molar-refractivity contribution in [2.75, 3.05) is 0 Å². The van der Waals surface area contributed by atoms with Crippen molar-refractivity contribution in [2.24, 2.45) is 0 Å². The van der Waals surface area contributed by atoms with E-state index in [1.54, 1.807) is 12.1 Å². The first-order valence-electron chi connectivity index (χ1n) is 3.79. The molecule has 0 heterocycles. The Balaban J connectivity index is 2.96. The molecule has 2 N–H and O–H groups in total. The molecule has 0 aromatic heterocycles. The van der Waals surface area contributed by atoms with E-state index in [2.05, 4.69) is 15.9 Å². The molecule has 0 spiro atoms. The van der Waals surface area contributed by atoms with Crippen molar-refractivity contribution in [2.45, 2.75) is 12.8 Å². The summed E-state index contributed by atoms with van der Waals surface area (Å²) in [5, 5.41) is 18.7. The number of benzene rings is 1. The van der Waals surface area contributed by atoms with E-state index < -0.39 is 0 Å². The number of hydrogen-bond donors (Lipinski definition) is 2. The SMILES string of the molecule is O=CCCc1ccc(Br)c(O)c1O. The summed E-state index contributed by atoms with van der Waals surface area (Å²) in [6.45, 7) is 0. The van der Waals surface area contributed by atoms with Gasteiger partial charge in [-0.25, -0.2) is 0 Å². The highest BCUT2D eigenvalue weighted by Gasteiger charge is 2.08. The second-order valence-electron chi connectivity index (χ2n) is 2.61. The minimum absolute atomic E-state index is 0.156. The van der Waals surface area contributed by atoms with Crippen molar-refractivity contribution in [3.8, 4) is 11.5 Å². The van der Waals surface area contributed by atoms with Gasteiger partial charge in [0.15, 0.2) is 11.5 Å². The van der Waals surface area contributed by atoms with Crippen LogP contribution < -0.4 is 0 Å². The summed E-state index contributed by atoms with van der Waals surface area (Å²) in [7, 11) is 0. The zero-order valence-corrected chi connectivity index (χ0v) is 8.41. The molecule has 0 saturated carbocycles. The molecule has 0 radical (unpaired) electrons. The highest BCUT2D eigenvalue weighted by molar-refractivity contribution is 9.10. The number of halogens is 1. The topological polar surface area (TPSA) is 57.5 Å². The predicted octanol–water partition coefficient (Wildman–Crippen LogP) is 1.99. The number of aldehydes is 1. The van der Waals surface area contributed by atoms with Gasteiger partial charge in [0.05, 0.1) is 4.47 Å². The molecule has 0 aliphatic heterocycles. The number of hydrogen-bond acceptors (Lipinski definition) is 3. The van der Waals surface area contributed by atoms with Crippen LogP contribution in [0.25, 0.3) is 0 Å². The highest BCUT2D eigenvalue weighted by atomic mass is 79.9. The first-order chi connectivity index (χ1) is 6.16. The fourth-order valence-electron chi connectivity index (χ4n) is 1.01. The third kappa shape index (κ3) is 2.21. The van der Waals surface area contributed by atoms with E-state index in [0.717, 1.165) is 6.29 Å². The summed E-state index contributed by atoms with van der Waals surface area (Å²) in [4.78, 5) is 10.1. The lowest BCUT2D eigenvalue weighted by molar-refractivity contribution is -0.107. The van der Waals surface area contributed by atoms with Gasteiger partial charge in [-0.05, 0) is 34.0 Å². The van der Waals surface area contributed by atoms with Crippen molar-refractivity contribution in [1.29, 1.82) is 0 Å². The van der Waals surface area contributed by atoms with Gasteiger partial charge in [0.2, 0.25) is 0 Å². The van der Waals surface area contributed by atoms with Crippen LogP contribution in [0.1, 0.15) is 12.0 Å². The molecule has 1 rings (SSSR count). The quantitative estimate of drug-likeness (QED) is 0.632. The number of aromatic hydroxyl groups is 2. The van der Waals surface area contributed by atoms with Crippen LogP contribution >= 0.6 is 15.9 Å². The molecule has 0 bridgehead atoms. The number of rotatable bonds is 3. The minimum Gasteiger partial charge on any atom is -0.504 e. The molecule has 3 nitrogen and oxygen atoms in total. The van der Waals surface area contributed by atoms with Gasteiger partial charge in [-0.3, -0.25) is 0 Å². The number of phenols is 2. The van der Waals surface area contributed by atoms with E-state index in [9.17, 15) is 15.0 Å². The van der Waals surface area contributed by atoms with Crippen LogP contribution in [0.5, 0.6) is 11.5 Å². The molecule has 1 aromatic carbocycles. The van der Waals surface area contributed by atoms with Gasteiger partial charge in [0.1, 0.15) is 6.29 Å². The number of carbonyl (C=O) groups is 1. The average molecular weight is 245 g/mol. The van der Waals surface area contributed by atoms with Crippen LogP contribution in [0, 0.1) is 0 Å². The lowest BCUT2D eigenvalue weighted by Gasteiger charge is -2.05. The van der Waals surface area contributed by atoms with Gasteiger partial charge >= 0.3 is 0 Å². The molecule has 0 fully saturated rings. The third-order valence-electron chi connectivity index (χ3n) is 1.72. The zero-order valence-electron chi connectivity index (χ0n) is 6.83. The normalized spacial score (nSPS) is 9.92. The van der Waals surface area contributed by atoms with E-state index in [1.165, 1.54) is 0 Å². The van der Waals surface area contributed by atoms with Crippen molar-refractivity contribution in [1.82, 2.24) is 0 Å². The Hall–Kier alpha value is -1.03. The summed E-state index contributed by atoms with van der Waals surface area (Å²) in [5.41, 5.74) is 0.577. The second-order valence-corrected chi connectivity index (χ2v) is 3.46. The lowest BCUT2D eigenvalue weighted by Crippen LogP contribution is -1.87. The van der Waals surface area contributed by atoms with Crippen LogP contribution in [0.3, 0.4) is 0 Å². The van der Waals surface area contributed by atoms with Crippen LogP contribution in [0.15, 0.2) is 16.6 Å². The fraction of sp³-hybridized carbons (Fsp3) is 0.222. The first kappa shape index (κ1) is 10.1. The molecular weight excluding hydrogens is 236 g/mol. The molecule has 0 amide bonds. The van der Waals surface area contributed by atoms with E-state index in [0.29, 0.717) is 22.9 Å². The maximum Gasteiger partial charge on any atom is 0.172 e. The van der Waals surface area contributed by atoms with Crippen LogP contribution in [-0.4, -0.2) is 16.5 Å². The summed E-state index contributed by atoms with van der Waals surface area (Å²) < 4.78 is 0.444. The van der Waals surface area contributed by atoms with Crippen molar-refractivity contribution in [3.05, 3.63) is 22.2 Å². The van der Waals surface area contributed by atoms with Crippen LogP contribution in [0.4, 0.5) is 0 Å². The van der Waals surface area contributed by atoms with Gasteiger partial charge in [0, 0.05) is 6.42 Å². The Morgan fingerprint density at radius 2 is 2.00 bits per heavy atom. The number of carbonyl (C=O) groups excluding carboxylic acids is 1. The van der Waals surface area contributed by atoms with Crippen molar-refractivity contribution in [3.63, 3.8) is 0 Å². The average Bonchev–Trinajstić information content (AvgIpc) is 2.13. The summed E-state index contributed by atoms with van der Waals surface area (Å²) in [5.74, 6) is -0.334. The molecule has 13 heavy (non-hydrogen) atoms. The van der Waals surface area contributed by atoms with Gasteiger partial charge < -0.3 is 15.0 Å². The van der Waals surface area contributed by atoms with Gasteiger partial charge in [-0.15, -0.1) is 0 Å². The fourth-order valence-corrected chi connectivity index (χ4v) is 1.33. The third-order valence-corrected chi connectivity index (χ3v) is 2.36. The Labute approximate surface area is 84.1 Å². The first-order valence-corrected chi connectivity index (χ1v) is 4.59. The summed E-state index contributed by atoms with van der Waals surface area (Å²) >= 11 is 3.07. The van der Waals surface area contributed by atoms with Crippen molar-refractivity contribution >= 4 is 22.2 Å². The standard InChI is InChI=1S/C9H9BrO3/c10-7-4-3-6(2-1-5-11)8(12)9(7)13/h3-5,12-13H,1-2H2. The monoisotopic (exact) mass is 244 g/mol. The maximum atomic E-state index is 10.1. The lowest BCUT2D eigenvalue weighted by atomic mass is 10.1. The molecule has 0 atom stereocenters. The minimum atomic E-state index is -0.177. The van der Waals surface area contributed by atoms with Gasteiger partial charge in [0.25, 0.3) is 0 Å². The Morgan fingerprint density at radius 3 is 2.62 bits per heavy atom. The van der Waals surface area contributed by atoms with Crippen LogP contribution in [-0.2, 0) is 11.2 Å². The van der Waals surface area contributed by atoms with Crippen LogP contribution in [0.2, 0.25) is 0 Å². The van der Waals surface area contributed by atoms with Crippen molar-refractivity contribution < 1.29 is 15.0 Å². The molecule has 4 heteroatoms. The van der Waals surface area contributed by atoms with E-state index in [4.69, 9.17) is 0 Å². The molecule has 1 aromatic rings. The summed E-state index contributed by atoms with van der Waals surface area (Å²) in [6, 6.07) is 3.30. The molecular formula is C9H9BrO3. The Kier molecular flexibility index (Phi) is 3.31. The number of phenolic OH excluding ortho intramolecular Hbond substituents is 2. The largest absolute Gasteiger partial charge is 0.504 e. The van der Waals surface area contributed by atoms with Gasteiger partial charge in [-0.1, -0.05) is 6.07 Å². The van der Waals surface area contributed by atoms with E-state index in [1.807, 2.05) is 0 Å². The maximum absolute atomic E-state index is 10.1. The number of aryl methyl sites for hydroxylation is 1.